The summed E-state index contributed by atoms with van der Waals surface area (Å²) in [6, 6.07) is 9.91. The number of halogens is 3. The highest BCUT2D eigenvalue weighted by atomic mass is 19.4. The Balaban J connectivity index is 1.99. The Labute approximate surface area is 123 Å². The first-order chi connectivity index (χ1) is 9.87. The number of hydrogen-bond donors (Lipinski definition) is 1. The van der Waals surface area contributed by atoms with E-state index >= 15 is 0 Å². The number of benzene rings is 1. The Morgan fingerprint density at radius 3 is 2.14 bits per heavy atom. The minimum atomic E-state index is -4.12. The second kappa shape index (κ2) is 6.77. The van der Waals surface area contributed by atoms with Crippen molar-refractivity contribution in [1.82, 2.24) is 9.80 Å². The molecule has 1 aromatic carbocycles. The molecular weight excluding hydrogens is 279 g/mol. The van der Waals surface area contributed by atoms with Crippen LogP contribution in [0.25, 0.3) is 0 Å². The van der Waals surface area contributed by atoms with Gasteiger partial charge in [-0.25, -0.2) is 0 Å². The first-order valence-corrected chi connectivity index (χ1v) is 7.20. The fourth-order valence-corrected chi connectivity index (χ4v) is 2.95. The molecule has 1 heterocycles. The molecule has 0 spiro atoms. The van der Waals surface area contributed by atoms with E-state index in [4.69, 9.17) is 5.73 Å². The molecule has 0 aromatic heterocycles. The van der Waals surface area contributed by atoms with Gasteiger partial charge in [-0.1, -0.05) is 30.3 Å². The monoisotopic (exact) mass is 301 g/mol. The topological polar surface area (TPSA) is 32.5 Å². The first-order valence-electron chi connectivity index (χ1n) is 7.20. The van der Waals surface area contributed by atoms with E-state index in [1.165, 1.54) is 4.90 Å². The highest BCUT2D eigenvalue weighted by Gasteiger charge is 2.34. The molecule has 0 amide bonds. The van der Waals surface area contributed by atoms with E-state index in [0.717, 1.165) is 5.56 Å². The Morgan fingerprint density at radius 2 is 1.67 bits per heavy atom. The molecule has 1 fully saturated rings. The average molecular weight is 301 g/mol. The molecule has 2 atom stereocenters. The van der Waals surface area contributed by atoms with Gasteiger partial charge < -0.3 is 5.73 Å². The van der Waals surface area contributed by atoms with Gasteiger partial charge in [0, 0.05) is 38.3 Å². The number of alkyl halides is 3. The molecule has 3 nitrogen and oxygen atoms in total. The van der Waals surface area contributed by atoms with E-state index in [1.807, 2.05) is 37.3 Å². The van der Waals surface area contributed by atoms with Crippen LogP contribution in [0.15, 0.2) is 30.3 Å². The molecule has 21 heavy (non-hydrogen) atoms. The summed E-state index contributed by atoms with van der Waals surface area (Å²) in [5, 5.41) is 0. The van der Waals surface area contributed by atoms with Crippen LogP contribution in [-0.2, 0) is 0 Å². The van der Waals surface area contributed by atoms with Crippen LogP contribution in [-0.4, -0.2) is 54.7 Å². The lowest BCUT2D eigenvalue weighted by Gasteiger charge is -2.41. The highest BCUT2D eigenvalue weighted by Crippen LogP contribution is 2.25. The molecular formula is C15H22F3N3. The third-order valence-electron chi connectivity index (χ3n) is 3.84. The third kappa shape index (κ3) is 4.69. The fraction of sp³-hybridized carbons (Fsp3) is 0.600. The second-order valence-corrected chi connectivity index (χ2v) is 5.64. The van der Waals surface area contributed by atoms with Crippen LogP contribution in [0, 0.1) is 0 Å². The SMILES string of the molecule is CC(N)C(c1ccccc1)N1CCN(CC(F)(F)F)CC1. The predicted octanol–water partition coefficient (Wildman–Crippen LogP) is 2.25. The van der Waals surface area contributed by atoms with Crippen LogP contribution < -0.4 is 5.73 Å². The lowest BCUT2D eigenvalue weighted by molar-refractivity contribution is -0.150. The molecule has 0 bridgehead atoms. The number of rotatable bonds is 4. The van der Waals surface area contributed by atoms with Crippen molar-refractivity contribution in [2.45, 2.75) is 25.2 Å². The third-order valence-corrected chi connectivity index (χ3v) is 3.84. The Hall–Kier alpha value is -1.11. The molecule has 1 aliphatic heterocycles. The van der Waals surface area contributed by atoms with Gasteiger partial charge in [0.05, 0.1) is 6.54 Å². The van der Waals surface area contributed by atoms with Crippen molar-refractivity contribution in [1.29, 1.82) is 0 Å². The highest BCUT2D eigenvalue weighted by molar-refractivity contribution is 5.20. The molecule has 2 N–H and O–H groups in total. The van der Waals surface area contributed by atoms with Crippen molar-refractivity contribution >= 4 is 0 Å². The van der Waals surface area contributed by atoms with E-state index in [-0.39, 0.29) is 12.1 Å². The predicted molar refractivity (Wildman–Crippen MR) is 76.9 cm³/mol. The summed E-state index contributed by atoms with van der Waals surface area (Å²) in [5.41, 5.74) is 7.22. The minimum Gasteiger partial charge on any atom is -0.326 e. The molecule has 118 valence electrons. The molecule has 0 aliphatic carbocycles. The van der Waals surface area contributed by atoms with Gasteiger partial charge in [-0.05, 0) is 12.5 Å². The smallest absolute Gasteiger partial charge is 0.326 e. The quantitative estimate of drug-likeness (QED) is 0.926. The van der Waals surface area contributed by atoms with Crippen LogP contribution >= 0.6 is 0 Å². The number of hydrogen-bond acceptors (Lipinski definition) is 3. The standard InChI is InChI=1S/C15H22F3N3/c1-12(19)14(13-5-3-2-4-6-13)21-9-7-20(8-10-21)11-15(16,17)18/h2-6,12,14H,7-11,19H2,1H3. The number of nitrogens with two attached hydrogens (primary N) is 1. The summed E-state index contributed by atoms with van der Waals surface area (Å²) in [7, 11) is 0. The molecule has 1 aromatic rings. The summed E-state index contributed by atoms with van der Waals surface area (Å²) in [6.07, 6.45) is -4.12. The van der Waals surface area contributed by atoms with Crippen molar-refractivity contribution in [3.05, 3.63) is 35.9 Å². The molecule has 1 aliphatic rings. The number of nitrogens with zero attached hydrogens (tertiary/aromatic N) is 2. The van der Waals surface area contributed by atoms with Gasteiger partial charge in [0.25, 0.3) is 0 Å². The fourth-order valence-electron chi connectivity index (χ4n) is 2.95. The van der Waals surface area contributed by atoms with Crippen molar-refractivity contribution in [3.8, 4) is 0 Å². The molecule has 0 radical (unpaired) electrons. The maximum absolute atomic E-state index is 12.4. The summed E-state index contributed by atoms with van der Waals surface area (Å²) in [4.78, 5) is 3.65. The van der Waals surface area contributed by atoms with Gasteiger partial charge in [0.15, 0.2) is 0 Å². The van der Waals surface area contributed by atoms with E-state index in [2.05, 4.69) is 4.90 Å². The van der Waals surface area contributed by atoms with Crippen LogP contribution in [0.5, 0.6) is 0 Å². The first kappa shape index (κ1) is 16.3. The van der Waals surface area contributed by atoms with Crippen molar-refractivity contribution < 1.29 is 13.2 Å². The van der Waals surface area contributed by atoms with E-state index in [1.54, 1.807) is 0 Å². The summed E-state index contributed by atoms with van der Waals surface area (Å²) >= 11 is 0. The van der Waals surface area contributed by atoms with E-state index in [9.17, 15) is 13.2 Å². The maximum atomic E-state index is 12.4. The van der Waals surface area contributed by atoms with Crippen molar-refractivity contribution in [2.24, 2.45) is 5.73 Å². The Morgan fingerprint density at radius 1 is 1.10 bits per heavy atom. The Bertz CT molecular complexity index is 426. The van der Waals surface area contributed by atoms with Crippen molar-refractivity contribution in [2.75, 3.05) is 32.7 Å². The lowest BCUT2D eigenvalue weighted by atomic mass is 9.98. The largest absolute Gasteiger partial charge is 0.401 e. The molecule has 2 rings (SSSR count). The van der Waals surface area contributed by atoms with Gasteiger partial charge in [0.2, 0.25) is 0 Å². The van der Waals surface area contributed by atoms with Crippen LogP contribution in [0.4, 0.5) is 13.2 Å². The van der Waals surface area contributed by atoms with Crippen LogP contribution in [0.1, 0.15) is 18.5 Å². The van der Waals surface area contributed by atoms with Crippen LogP contribution in [0.3, 0.4) is 0 Å². The summed E-state index contributed by atoms with van der Waals surface area (Å²) in [6.45, 7) is 3.19. The van der Waals surface area contributed by atoms with Gasteiger partial charge in [-0.15, -0.1) is 0 Å². The van der Waals surface area contributed by atoms with E-state index < -0.39 is 12.7 Å². The summed E-state index contributed by atoms with van der Waals surface area (Å²) in [5.74, 6) is 0. The summed E-state index contributed by atoms with van der Waals surface area (Å²) < 4.78 is 37.2. The molecule has 0 saturated carbocycles. The lowest BCUT2D eigenvalue weighted by Crippen LogP contribution is -2.52. The average Bonchev–Trinajstić information content (AvgIpc) is 2.40. The zero-order valence-electron chi connectivity index (χ0n) is 12.2. The second-order valence-electron chi connectivity index (χ2n) is 5.64. The van der Waals surface area contributed by atoms with Gasteiger partial charge >= 0.3 is 6.18 Å². The zero-order chi connectivity index (χ0) is 15.5. The number of piperazine rings is 1. The van der Waals surface area contributed by atoms with Gasteiger partial charge in [-0.2, -0.15) is 13.2 Å². The van der Waals surface area contributed by atoms with E-state index in [0.29, 0.717) is 26.2 Å². The Kier molecular flexibility index (Phi) is 5.24. The van der Waals surface area contributed by atoms with Gasteiger partial charge in [0.1, 0.15) is 0 Å². The molecule has 1 saturated heterocycles. The zero-order valence-corrected chi connectivity index (χ0v) is 12.2. The normalized spacial score (nSPS) is 21.2. The maximum Gasteiger partial charge on any atom is 0.401 e. The molecule has 6 heteroatoms. The van der Waals surface area contributed by atoms with Crippen molar-refractivity contribution in [3.63, 3.8) is 0 Å². The molecule has 2 unspecified atom stereocenters. The van der Waals surface area contributed by atoms with Gasteiger partial charge in [-0.3, -0.25) is 9.80 Å². The minimum absolute atomic E-state index is 0.0548. The van der Waals surface area contributed by atoms with Crippen LogP contribution in [0.2, 0.25) is 0 Å².